The van der Waals surface area contributed by atoms with Crippen LogP contribution in [0.5, 0.6) is 5.75 Å². The second kappa shape index (κ2) is 4.27. The predicted molar refractivity (Wildman–Crippen MR) is 56.5 cm³/mol. The van der Waals surface area contributed by atoms with Gasteiger partial charge in [-0.2, -0.15) is 0 Å². The molecule has 0 amide bonds. The van der Waals surface area contributed by atoms with E-state index in [2.05, 4.69) is 0 Å². The van der Waals surface area contributed by atoms with Crippen molar-refractivity contribution in [1.82, 2.24) is 0 Å². The van der Waals surface area contributed by atoms with Crippen LogP contribution in [0, 0.1) is 5.41 Å². The standard InChI is InChI=1S/C12H16O2/c1-12(2,9-13)8-10-5-4-6-11(7-10)14-3/h4-7,9H,8H2,1-3H3. The molecule has 2 heteroatoms. The molecule has 0 aliphatic rings. The van der Waals surface area contributed by atoms with E-state index in [1.807, 2.05) is 38.1 Å². The van der Waals surface area contributed by atoms with Gasteiger partial charge in [0.1, 0.15) is 12.0 Å². The van der Waals surface area contributed by atoms with Gasteiger partial charge in [0.15, 0.2) is 0 Å². The maximum absolute atomic E-state index is 10.8. The number of methoxy groups -OCH3 is 1. The number of hydrogen-bond acceptors (Lipinski definition) is 2. The Labute approximate surface area is 84.9 Å². The summed E-state index contributed by atoms with van der Waals surface area (Å²) in [6.07, 6.45) is 1.74. The van der Waals surface area contributed by atoms with Crippen LogP contribution in [0.3, 0.4) is 0 Å². The van der Waals surface area contributed by atoms with Gasteiger partial charge < -0.3 is 9.53 Å². The normalized spacial score (nSPS) is 11.1. The zero-order valence-corrected chi connectivity index (χ0v) is 8.91. The molecule has 0 heterocycles. The van der Waals surface area contributed by atoms with Gasteiger partial charge in [-0.15, -0.1) is 0 Å². The highest BCUT2D eigenvalue weighted by Crippen LogP contribution is 2.21. The molecule has 0 aliphatic carbocycles. The van der Waals surface area contributed by atoms with E-state index in [0.717, 1.165) is 24.0 Å². The Morgan fingerprint density at radius 3 is 2.71 bits per heavy atom. The van der Waals surface area contributed by atoms with Gasteiger partial charge in [-0.3, -0.25) is 0 Å². The smallest absolute Gasteiger partial charge is 0.125 e. The molecule has 0 N–H and O–H groups in total. The fourth-order valence-electron chi connectivity index (χ4n) is 1.35. The first-order chi connectivity index (χ1) is 6.57. The van der Waals surface area contributed by atoms with Gasteiger partial charge in [-0.1, -0.05) is 26.0 Å². The lowest BCUT2D eigenvalue weighted by molar-refractivity contribution is -0.114. The monoisotopic (exact) mass is 192 g/mol. The molecule has 1 aromatic carbocycles. The van der Waals surface area contributed by atoms with Crippen molar-refractivity contribution in [2.45, 2.75) is 20.3 Å². The molecule has 0 aliphatic heterocycles. The number of carbonyl (C=O) groups excluding carboxylic acids is 1. The Hall–Kier alpha value is -1.31. The highest BCUT2D eigenvalue weighted by molar-refractivity contribution is 5.58. The Kier molecular flexibility index (Phi) is 3.28. The van der Waals surface area contributed by atoms with Gasteiger partial charge in [0.25, 0.3) is 0 Å². The van der Waals surface area contributed by atoms with Crippen LogP contribution in [0.25, 0.3) is 0 Å². The summed E-state index contributed by atoms with van der Waals surface area (Å²) in [5.74, 6) is 0.837. The average molecular weight is 192 g/mol. The first kappa shape index (κ1) is 10.8. The summed E-state index contributed by atoms with van der Waals surface area (Å²) in [6.45, 7) is 3.86. The van der Waals surface area contributed by atoms with Crippen molar-refractivity contribution in [3.8, 4) is 5.75 Å². The van der Waals surface area contributed by atoms with E-state index in [-0.39, 0.29) is 5.41 Å². The molecule has 0 saturated carbocycles. The molecular formula is C12H16O2. The van der Waals surface area contributed by atoms with Crippen LogP contribution in [0.1, 0.15) is 19.4 Å². The van der Waals surface area contributed by atoms with Crippen molar-refractivity contribution in [2.24, 2.45) is 5.41 Å². The predicted octanol–water partition coefficient (Wildman–Crippen LogP) is 2.46. The van der Waals surface area contributed by atoms with E-state index in [0.29, 0.717) is 0 Å². The second-order valence-corrected chi connectivity index (χ2v) is 4.13. The molecule has 0 saturated heterocycles. The van der Waals surface area contributed by atoms with E-state index in [4.69, 9.17) is 4.74 Å². The molecule has 1 rings (SSSR count). The number of carbonyl (C=O) groups is 1. The zero-order chi connectivity index (χ0) is 10.6. The molecule has 0 bridgehead atoms. The first-order valence-corrected chi connectivity index (χ1v) is 4.67. The van der Waals surface area contributed by atoms with Crippen molar-refractivity contribution in [1.29, 1.82) is 0 Å². The summed E-state index contributed by atoms with van der Waals surface area (Å²) in [5, 5.41) is 0. The molecule has 76 valence electrons. The summed E-state index contributed by atoms with van der Waals surface area (Å²) in [7, 11) is 1.64. The molecule has 0 spiro atoms. The minimum Gasteiger partial charge on any atom is -0.497 e. The summed E-state index contributed by atoms with van der Waals surface area (Å²) in [4.78, 5) is 10.8. The fourth-order valence-corrected chi connectivity index (χ4v) is 1.35. The van der Waals surface area contributed by atoms with Gasteiger partial charge in [0, 0.05) is 5.41 Å². The van der Waals surface area contributed by atoms with Crippen molar-refractivity contribution in [3.05, 3.63) is 29.8 Å². The Morgan fingerprint density at radius 1 is 1.43 bits per heavy atom. The van der Waals surface area contributed by atoms with Crippen molar-refractivity contribution in [3.63, 3.8) is 0 Å². The highest BCUT2D eigenvalue weighted by atomic mass is 16.5. The van der Waals surface area contributed by atoms with E-state index in [9.17, 15) is 4.79 Å². The maximum atomic E-state index is 10.8. The minimum absolute atomic E-state index is 0.299. The number of ether oxygens (including phenoxy) is 1. The average Bonchev–Trinajstić information content (AvgIpc) is 2.17. The van der Waals surface area contributed by atoms with Gasteiger partial charge >= 0.3 is 0 Å². The SMILES string of the molecule is COc1cccc(CC(C)(C)C=O)c1. The third-order valence-electron chi connectivity index (χ3n) is 2.11. The molecule has 0 atom stereocenters. The number of hydrogen-bond donors (Lipinski definition) is 0. The molecule has 0 radical (unpaired) electrons. The van der Waals surface area contributed by atoms with E-state index >= 15 is 0 Å². The van der Waals surface area contributed by atoms with E-state index < -0.39 is 0 Å². The molecule has 0 unspecified atom stereocenters. The minimum atomic E-state index is -0.299. The Morgan fingerprint density at radius 2 is 2.14 bits per heavy atom. The summed E-state index contributed by atoms with van der Waals surface area (Å²) >= 11 is 0. The van der Waals surface area contributed by atoms with Crippen LogP contribution < -0.4 is 4.74 Å². The lowest BCUT2D eigenvalue weighted by atomic mass is 9.87. The van der Waals surface area contributed by atoms with Crippen LogP contribution in [-0.2, 0) is 11.2 Å². The fraction of sp³-hybridized carbons (Fsp3) is 0.417. The Balaban J connectivity index is 2.81. The number of rotatable bonds is 4. The largest absolute Gasteiger partial charge is 0.497 e. The van der Waals surface area contributed by atoms with Gasteiger partial charge in [0.05, 0.1) is 7.11 Å². The third kappa shape index (κ3) is 2.87. The molecular weight excluding hydrogens is 176 g/mol. The van der Waals surface area contributed by atoms with Crippen LogP contribution in [-0.4, -0.2) is 13.4 Å². The van der Waals surface area contributed by atoms with Gasteiger partial charge in [0.2, 0.25) is 0 Å². The zero-order valence-electron chi connectivity index (χ0n) is 8.91. The maximum Gasteiger partial charge on any atom is 0.125 e. The van der Waals surface area contributed by atoms with Crippen LogP contribution in [0.2, 0.25) is 0 Å². The molecule has 0 fully saturated rings. The van der Waals surface area contributed by atoms with Crippen LogP contribution in [0.4, 0.5) is 0 Å². The highest BCUT2D eigenvalue weighted by Gasteiger charge is 2.17. The first-order valence-electron chi connectivity index (χ1n) is 4.67. The van der Waals surface area contributed by atoms with E-state index in [1.165, 1.54) is 0 Å². The lowest BCUT2D eigenvalue weighted by Gasteiger charge is -2.16. The number of aldehydes is 1. The molecule has 2 nitrogen and oxygen atoms in total. The van der Waals surface area contributed by atoms with Gasteiger partial charge in [-0.05, 0) is 24.1 Å². The number of benzene rings is 1. The van der Waals surface area contributed by atoms with Crippen molar-refractivity contribution in [2.75, 3.05) is 7.11 Å². The second-order valence-electron chi connectivity index (χ2n) is 4.13. The summed E-state index contributed by atoms with van der Waals surface area (Å²) < 4.78 is 5.11. The molecule has 1 aromatic rings. The quantitative estimate of drug-likeness (QED) is 0.685. The van der Waals surface area contributed by atoms with Crippen molar-refractivity contribution < 1.29 is 9.53 Å². The van der Waals surface area contributed by atoms with Crippen LogP contribution in [0.15, 0.2) is 24.3 Å². The van der Waals surface area contributed by atoms with E-state index in [1.54, 1.807) is 7.11 Å². The summed E-state index contributed by atoms with van der Waals surface area (Å²) in [5.41, 5.74) is 0.827. The topological polar surface area (TPSA) is 26.3 Å². The molecule has 0 aromatic heterocycles. The molecule has 14 heavy (non-hydrogen) atoms. The third-order valence-corrected chi connectivity index (χ3v) is 2.11. The van der Waals surface area contributed by atoms with Crippen molar-refractivity contribution >= 4 is 6.29 Å². The lowest BCUT2D eigenvalue weighted by Crippen LogP contribution is -2.16. The summed E-state index contributed by atoms with van der Waals surface area (Å²) in [6, 6.07) is 7.81. The van der Waals surface area contributed by atoms with Gasteiger partial charge in [-0.25, -0.2) is 0 Å². The van der Waals surface area contributed by atoms with Crippen LogP contribution >= 0.6 is 0 Å². The Bertz CT molecular complexity index is 316.